The molecule has 0 aromatic heterocycles. The molecule has 0 aliphatic heterocycles. The van der Waals surface area contributed by atoms with Gasteiger partial charge >= 0.3 is 5.51 Å². The van der Waals surface area contributed by atoms with Gasteiger partial charge in [0.1, 0.15) is 0 Å². The second-order valence-corrected chi connectivity index (χ2v) is 4.67. The molecule has 77 valence electrons. The maximum atomic E-state index is 12.0. The zero-order valence-electron chi connectivity index (χ0n) is 6.47. The van der Waals surface area contributed by atoms with Gasteiger partial charge in [-0.3, -0.25) is 0 Å². The standard InChI is InChI=1S/C7H3ClF3O2S/c8-5-1-3-6(4-2-5)14(12,13)7(9,10)11/h1,3-4H. The van der Waals surface area contributed by atoms with E-state index >= 15 is 0 Å². The molecule has 7 heteroatoms. The predicted octanol–water partition coefficient (Wildman–Crippen LogP) is 2.43. The van der Waals surface area contributed by atoms with Gasteiger partial charge in [-0.15, -0.1) is 0 Å². The van der Waals surface area contributed by atoms with E-state index < -0.39 is 20.2 Å². The average Bonchev–Trinajstić information content (AvgIpc) is 2.03. The fourth-order valence-corrected chi connectivity index (χ4v) is 1.54. The Kier molecular flexibility index (Phi) is 2.78. The van der Waals surface area contributed by atoms with E-state index in [1.54, 1.807) is 0 Å². The Morgan fingerprint density at radius 2 is 1.86 bits per heavy atom. The molecule has 0 amide bonds. The summed E-state index contributed by atoms with van der Waals surface area (Å²) in [5.41, 5.74) is -5.30. The fourth-order valence-electron chi connectivity index (χ4n) is 0.692. The normalized spacial score (nSPS) is 12.9. The molecule has 0 heterocycles. The van der Waals surface area contributed by atoms with Crippen molar-refractivity contribution in [3.63, 3.8) is 0 Å². The summed E-state index contributed by atoms with van der Waals surface area (Å²) >= 11 is 5.34. The third kappa shape index (κ3) is 2.01. The summed E-state index contributed by atoms with van der Waals surface area (Å²) in [6, 6.07) is 4.66. The van der Waals surface area contributed by atoms with E-state index in [2.05, 4.69) is 6.07 Å². The fraction of sp³-hybridized carbons (Fsp3) is 0.143. The minimum atomic E-state index is -5.30. The average molecular weight is 244 g/mol. The highest BCUT2D eigenvalue weighted by molar-refractivity contribution is 7.92. The number of rotatable bonds is 1. The molecule has 14 heavy (non-hydrogen) atoms. The van der Waals surface area contributed by atoms with Gasteiger partial charge in [-0.2, -0.15) is 13.2 Å². The zero-order chi connectivity index (χ0) is 11.0. The van der Waals surface area contributed by atoms with Gasteiger partial charge in [0.2, 0.25) is 0 Å². The molecular formula is C7H3ClF3O2S. The number of hydrogen-bond donors (Lipinski definition) is 0. The van der Waals surface area contributed by atoms with E-state index in [1.165, 1.54) is 0 Å². The molecule has 0 saturated heterocycles. The summed E-state index contributed by atoms with van der Waals surface area (Å²) in [7, 11) is -5.28. The van der Waals surface area contributed by atoms with Gasteiger partial charge in [0.15, 0.2) is 0 Å². The SMILES string of the molecule is O=S(=O)(c1c[c]c(Cl)cc1)C(F)(F)F. The quantitative estimate of drug-likeness (QED) is 0.759. The molecule has 0 atom stereocenters. The van der Waals surface area contributed by atoms with Gasteiger partial charge < -0.3 is 0 Å². The van der Waals surface area contributed by atoms with Gasteiger partial charge in [0.05, 0.1) is 4.90 Å². The molecule has 0 aliphatic carbocycles. The monoisotopic (exact) mass is 243 g/mol. The molecule has 0 unspecified atom stereocenters. The second-order valence-electron chi connectivity index (χ2n) is 2.32. The van der Waals surface area contributed by atoms with Crippen LogP contribution in [0.25, 0.3) is 0 Å². The molecule has 1 aromatic carbocycles. The van der Waals surface area contributed by atoms with Crippen LogP contribution in [0.2, 0.25) is 5.02 Å². The van der Waals surface area contributed by atoms with Gasteiger partial charge in [-0.25, -0.2) is 8.42 Å². The Morgan fingerprint density at radius 1 is 1.29 bits per heavy atom. The number of halogens is 4. The van der Waals surface area contributed by atoms with Crippen molar-refractivity contribution in [3.8, 4) is 0 Å². The summed E-state index contributed by atoms with van der Waals surface area (Å²) in [5.74, 6) is 0. The molecule has 0 fully saturated rings. The number of hydrogen-bond acceptors (Lipinski definition) is 2. The summed E-state index contributed by atoms with van der Waals surface area (Å²) in [6.45, 7) is 0. The minimum absolute atomic E-state index is 0.0473. The zero-order valence-corrected chi connectivity index (χ0v) is 8.04. The molecule has 0 saturated carbocycles. The molecule has 0 aliphatic rings. The van der Waals surface area contributed by atoms with E-state index in [9.17, 15) is 21.6 Å². The van der Waals surface area contributed by atoms with Crippen molar-refractivity contribution >= 4 is 21.4 Å². The summed E-state index contributed by atoms with van der Waals surface area (Å²) in [6.07, 6.45) is 0. The second kappa shape index (κ2) is 3.43. The van der Waals surface area contributed by atoms with Crippen molar-refractivity contribution in [1.29, 1.82) is 0 Å². The number of alkyl halides is 3. The van der Waals surface area contributed by atoms with Crippen molar-refractivity contribution in [2.45, 2.75) is 10.4 Å². The lowest BCUT2D eigenvalue weighted by Crippen LogP contribution is -2.23. The van der Waals surface area contributed by atoms with Crippen LogP contribution in [0, 0.1) is 6.07 Å². The van der Waals surface area contributed by atoms with E-state index in [4.69, 9.17) is 11.6 Å². The Balaban J connectivity index is 3.25. The summed E-state index contributed by atoms with van der Waals surface area (Å²) in [4.78, 5) is -0.866. The lowest BCUT2D eigenvalue weighted by Gasteiger charge is -2.07. The van der Waals surface area contributed by atoms with Gasteiger partial charge in [0.25, 0.3) is 9.84 Å². The molecule has 0 bridgehead atoms. The van der Waals surface area contributed by atoms with E-state index in [1.807, 2.05) is 0 Å². The lowest BCUT2D eigenvalue weighted by atomic mass is 10.4. The Hall–Kier alpha value is -0.750. The summed E-state index contributed by atoms with van der Waals surface area (Å²) in [5, 5.41) is 0.0473. The van der Waals surface area contributed by atoms with Crippen LogP contribution in [0.1, 0.15) is 0 Å². The molecular weight excluding hydrogens is 241 g/mol. The topological polar surface area (TPSA) is 34.1 Å². The Labute approximate surface area is 83.2 Å². The maximum Gasteiger partial charge on any atom is 0.501 e. The van der Waals surface area contributed by atoms with Crippen LogP contribution >= 0.6 is 11.6 Å². The minimum Gasteiger partial charge on any atom is -0.214 e. The largest absolute Gasteiger partial charge is 0.501 e. The first-order valence-electron chi connectivity index (χ1n) is 3.24. The smallest absolute Gasteiger partial charge is 0.214 e. The third-order valence-corrected chi connectivity index (χ3v) is 3.08. The van der Waals surface area contributed by atoms with Crippen LogP contribution in [0.3, 0.4) is 0 Å². The highest BCUT2D eigenvalue weighted by Crippen LogP contribution is 2.30. The Bertz CT molecular complexity index is 421. The third-order valence-electron chi connectivity index (χ3n) is 1.36. The van der Waals surface area contributed by atoms with Crippen molar-refractivity contribution in [1.82, 2.24) is 0 Å². The van der Waals surface area contributed by atoms with Crippen molar-refractivity contribution in [3.05, 3.63) is 29.3 Å². The first kappa shape index (κ1) is 11.3. The maximum absolute atomic E-state index is 12.0. The van der Waals surface area contributed by atoms with Crippen LogP contribution in [0.15, 0.2) is 23.1 Å². The summed E-state index contributed by atoms with van der Waals surface area (Å²) < 4.78 is 57.5. The first-order valence-corrected chi connectivity index (χ1v) is 5.10. The van der Waals surface area contributed by atoms with Crippen LogP contribution in [0.4, 0.5) is 13.2 Å². The highest BCUT2D eigenvalue weighted by atomic mass is 35.5. The molecule has 0 N–H and O–H groups in total. The van der Waals surface area contributed by atoms with Crippen LogP contribution < -0.4 is 0 Å². The lowest BCUT2D eigenvalue weighted by molar-refractivity contribution is -0.0436. The van der Waals surface area contributed by atoms with Gasteiger partial charge in [0, 0.05) is 11.1 Å². The van der Waals surface area contributed by atoms with Crippen LogP contribution in [-0.2, 0) is 9.84 Å². The predicted molar refractivity (Wildman–Crippen MR) is 43.5 cm³/mol. The number of sulfone groups is 1. The molecule has 1 radical (unpaired) electrons. The molecule has 1 aromatic rings. The van der Waals surface area contributed by atoms with Crippen molar-refractivity contribution < 1.29 is 21.6 Å². The highest BCUT2D eigenvalue weighted by Gasteiger charge is 2.46. The molecule has 0 spiro atoms. The van der Waals surface area contributed by atoms with Gasteiger partial charge in [-0.1, -0.05) is 11.6 Å². The van der Waals surface area contributed by atoms with Gasteiger partial charge in [-0.05, 0) is 18.2 Å². The van der Waals surface area contributed by atoms with Crippen molar-refractivity contribution in [2.75, 3.05) is 0 Å². The number of benzene rings is 1. The van der Waals surface area contributed by atoms with Crippen LogP contribution in [0.5, 0.6) is 0 Å². The molecule has 1 rings (SSSR count). The van der Waals surface area contributed by atoms with Crippen molar-refractivity contribution in [2.24, 2.45) is 0 Å². The first-order chi connectivity index (χ1) is 6.25. The van der Waals surface area contributed by atoms with Crippen LogP contribution in [-0.4, -0.2) is 13.9 Å². The Morgan fingerprint density at radius 3 is 2.21 bits per heavy atom. The van der Waals surface area contributed by atoms with E-state index in [0.717, 1.165) is 12.1 Å². The van der Waals surface area contributed by atoms with E-state index in [-0.39, 0.29) is 5.02 Å². The van der Waals surface area contributed by atoms with E-state index in [0.29, 0.717) is 6.07 Å². The molecule has 2 nitrogen and oxygen atoms in total.